The van der Waals surface area contributed by atoms with Crippen molar-refractivity contribution in [1.29, 1.82) is 0 Å². The summed E-state index contributed by atoms with van der Waals surface area (Å²) in [7, 11) is 1.61. The first-order chi connectivity index (χ1) is 19.6. The predicted molar refractivity (Wildman–Crippen MR) is 173 cm³/mol. The lowest BCUT2D eigenvalue weighted by molar-refractivity contribution is 0.0693. The highest BCUT2D eigenvalue weighted by molar-refractivity contribution is 7.99. The summed E-state index contributed by atoms with van der Waals surface area (Å²) in [6, 6.07) is 15.2. The number of thiophene rings is 1. The molecule has 4 rings (SSSR count). The Balaban J connectivity index is 1.47. The smallest absolute Gasteiger partial charge is 0.269 e. The number of carbonyl (C=O) groups is 1. The fourth-order valence-electron chi connectivity index (χ4n) is 4.56. The summed E-state index contributed by atoms with van der Waals surface area (Å²) in [5.41, 5.74) is 10.4. The van der Waals surface area contributed by atoms with Crippen LogP contribution in [0.25, 0.3) is 10.4 Å². The molecule has 2 N–H and O–H groups in total. The number of nitrogens with two attached hydrogens (primary N) is 1. The molecule has 0 bridgehead atoms. The van der Waals surface area contributed by atoms with Gasteiger partial charge in [0.15, 0.2) is 11.5 Å². The van der Waals surface area contributed by atoms with Crippen molar-refractivity contribution in [2.45, 2.75) is 53.3 Å². The number of nitrogens with zero attached hydrogens (tertiary/aromatic N) is 1. The van der Waals surface area contributed by atoms with E-state index in [0.717, 1.165) is 49.4 Å². The van der Waals surface area contributed by atoms with Gasteiger partial charge in [0.05, 0.1) is 24.6 Å². The van der Waals surface area contributed by atoms with Gasteiger partial charge in [-0.1, -0.05) is 44.5 Å². The van der Waals surface area contributed by atoms with E-state index in [-0.39, 0.29) is 24.0 Å². The summed E-state index contributed by atoms with van der Waals surface area (Å²) in [6.45, 7) is 11.2. The van der Waals surface area contributed by atoms with Crippen LogP contribution in [-0.2, 0) is 11.3 Å². The van der Waals surface area contributed by atoms with Gasteiger partial charge >= 0.3 is 0 Å². The van der Waals surface area contributed by atoms with Gasteiger partial charge in [0, 0.05) is 27.4 Å². The van der Waals surface area contributed by atoms with Crippen LogP contribution in [0.2, 0.25) is 5.02 Å². The summed E-state index contributed by atoms with van der Waals surface area (Å²) >= 11 is 9.35. The average molecular weight is 615 g/mol. The van der Waals surface area contributed by atoms with Gasteiger partial charge in [-0.05, 0) is 72.6 Å². The molecule has 0 aliphatic carbocycles. The highest BCUT2D eigenvalue weighted by Crippen LogP contribution is 2.40. The van der Waals surface area contributed by atoms with Gasteiger partial charge in [0.25, 0.3) is 5.91 Å². The molecule has 0 spiro atoms. The van der Waals surface area contributed by atoms with Crippen molar-refractivity contribution in [1.82, 2.24) is 0 Å². The van der Waals surface area contributed by atoms with E-state index in [1.807, 2.05) is 56.3 Å². The van der Waals surface area contributed by atoms with Crippen LogP contribution in [0.4, 0.5) is 5.69 Å². The molecule has 220 valence electrons. The molecule has 0 saturated carbocycles. The van der Waals surface area contributed by atoms with Crippen molar-refractivity contribution < 1.29 is 19.0 Å². The summed E-state index contributed by atoms with van der Waals surface area (Å²) in [5.74, 6) is 4.00. The van der Waals surface area contributed by atoms with Crippen LogP contribution in [-0.4, -0.2) is 43.3 Å². The third-order valence-corrected chi connectivity index (χ3v) is 9.39. The number of anilines is 1. The molecule has 1 aliphatic heterocycles. The molecule has 1 amide bonds. The second kappa shape index (κ2) is 14.0. The van der Waals surface area contributed by atoms with Gasteiger partial charge in [0.2, 0.25) is 0 Å². The number of fused-ring (bicyclic) bond motifs is 1. The Bertz CT molecular complexity index is 1380. The number of ether oxygens (including phenoxy) is 3. The summed E-state index contributed by atoms with van der Waals surface area (Å²) in [5, 5.41) is 0.692. The molecule has 0 saturated heterocycles. The predicted octanol–water partition coefficient (Wildman–Crippen LogP) is 8.03. The number of allylic oxidation sites excluding steroid dienone is 1. The number of methoxy groups -OCH3 is 1. The maximum Gasteiger partial charge on any atom is 0.269 e. The highest BCUT2D eigenvalue weighted by atomic mass is 35.5. The monoisotopic (exact) mass is 614 g/mol. The van der Waals surface area contributed by atoms with Crippen molar-refractivity contribution >= 4 is 46.3 Å². The Labute approximate surface area is 256 Å². The van der Waals surface area contributed by atoms with E-state index in [2.05, 4.69) is 26.8 Å². The minimum Gasteiger partial charge on any atom is -0.493 e. The Morgan fingerprint density at radius 2 is 1.85 bits per heavy atom. The molecule has 0 radical (unpaired) electrons. The van der Waals surface area contributed by atoms with E-state index in [1.165, 1.54) is 11.3 Å². The van der Waals surface area contributed by atoms with Crippen molar-refractivity contribution in [3.63, 3.8) is 0 Å². The van der Waals surface area contributed by atoms with Gasteiger partial charge in [-0.25, -0.2) is 0 Å². The molecule has 2 unspecified atom stereocenters. The number of thioether (sulfide) groups is 1. The quantitative estimate of drug-likeness (QED) is 0.196. The van der Waals surface area contributed by atoms with E-state index in [0.29, 0.717) is 29.7 Å². The lowest BCUT2D eigenvalue weighted by Crippen LogP contribution is -2.35. The molecule has 2 aromatic carbocycles. The summed E-state index contributed by atoms with van der Waals surface area (Å²) in [6.07, 6.45) is -0.176. The minimum absolute atomic E-state index is 0.0123. The van der Waals surface area contributed by atoms with Crippen molar-refractivity contribution in [3.05, 3.63) is 75.3 Å². The molecular weight excluding hydrogens is 576 g/mol. The fraction of sp³-hybridized carbons (Fsp3) is 0.406. The molecule has 9 heteroatoms. The molecule has 3 aromatic rings. The number of hydrogen-bond acceptors (Lipinski definition) is 7. The van der Waals surface area contributed by atoms with E-state index < -0.39 is 0 Å². The van der Waals surface area contributed by atoms with Gasteiger partial charge < -0.3 is 24.8 Å². The van der Waals surface area contributed by atoms with Crippen LogP contribution in [0, 0.1) is 5.92 Å². The van der Waals surface area contributed by atoms with Crippen LogP contribution in [0.1, 0.15) is 49.9 Å². The van der Waals surface area contributed by atoms with E-state index in [1.54, 1.807) is 23.8 Å². The maximum atomic E-state index is 13.4. The molecule has 1 aliphatic rings. The van der Waals surface area contributed by atoms with Gasteiger partial charge in [-0.2, -0.15) is 11.8 Å². The second-order valence-electron chi connectivity index (χ2n) is 10.5. The Morgan fingerprint density at radius 3 is 2.46 bits per heavy atom. The average Bonchev–Trinajstić information content (AvgIpc) is 3.51. The third kappa shape index (κ3) is 7.41. The fourth-order valence-corrected chi connectivity index (χ4v) is 6.48. The summed E-state index contributed by atoms with van der Waals surface area (Å²) < 4.78 is 18.4. The lowest BCUT2D eigenvalue weighted by atomic mass is 10.0. The van der Waals surface area contributed by atoms with E-state index in [9.17, 15) is 4.79 Å². The molecule has 2 atom stereocenters. The SMILES string of the molecule is CCSCC(COc1ccc(N2Cc3cc(-c4ccc(Cl)cc4)sc3C2=O)cc1OC)OC(=C(C)C)C(N)C(C)C. The first-order valence-corrected chi connectivity index (χ1v) is 16.2. The number of amides is 1. The highest BCUT2D eigenvalue weighted by Gasteiger charge is 2.32. The largest absolute Gasteiger partial charge is 0.493 e. The molecule has 2 heterocycles. The third-order valence-electron chi connectivity index (χ3n) is 6.90. The van der Waals surface area contributed by atoms with E-state index in [4.69, 9.17) is 31.5 Å². The molecule has 6 nitrogen and oxygen atoms in total. The van der Waals surface area contributed by atoms with Gasteiger partial charge in [0.1, 0.15) is 18.5 Å². The maximum absolute atomic E-state index is 13.4. The Morgan fingerprint density at radius 1 is 1.12 bits per heavy atom. The number of hydrogen-bond donors (Lipinski definition) is 1. The molecular formula is C32H39ClN2O4S2. The normalized spacial score (nSPS) is 14.2. The Hall–Kier alpha value is -2.65. The van der Waals surface area contributed by atoms with Crippen LogP contribution < -0.4 is 20.1 Å². The standard InChI is InChI=1S/C32H39ClN2O4S2/c1-7-40-18-25(39-30(20(4)5)29(34)19(2)3)17-38-26-13-12-24(15-27(26)37-6)35-16-22-14-28(41-31(22)32(35)36)21-8-10-23(33)11-9-21/h8-15,19,25,29H,7,16-18,34H2,1-6H3. The van der Waals surface area contributed by atoms with Crippen molar-refractivity contribution in [2.24, 2.45) is 11.7 Å². The molecule has 41 heavy (non-hydrogen) atoms. The zero-order valence-electron chi connectivity index (χ0n) is 24.5. The number of carbonyl (C=O) groups excluding carboxylic acids is 1. The molecule has 0 fully saturated rings. The van der Waals surface area contributed by atoms with Crippen molar-refractivity contribution in [2.75, 3.05) is 30.1 Å². The summed E-state index contributed by atoms with van der Waals surface area (Å²) in [4.78, 5) is 17.0. The second-order valence-corrected chi connectivity index (χ2v) is 13.4. The van der Waals surface area contributed by atoms with Crippen molar-refractivity contribution in [3.8, 4) is 21.9 Å². The van der Waals surface area contributed by atoms with Crippen LogP contribution in [0.15, 0.2) is 59.9 Å². The Kier molecular flexibility index (Phi) is 10.7. The lowest BCUT2D eigenvalue weighted by Gasteiger charge is -2.27. The van der Waals surface area contributed by atoms with Crippen LogP contribution in [0.3, 0.4) is 0 Å². The number of rotatable bonds is 13. The van der Waals surface area contributed by atoms with Crippen LogP contribution in [0.5, 0.6) is 11.5 Å². The zero-order valence-corrected chi connectivity index (χ0v) is 26.9. The number of halogens is 1. The minimum atomic E-state index is -0.176. The van der Waals surface area contributed by atoms with Gasteiger partial charge in [-0.15, -0.1) is 11.3 Å². The number of benzene rings is 2. The van der Waals surface area contributed by atoms with Crippen LogP contribution >= 0.6 is 34.7 Å². The first kappa shape index (κ1) is 31.3. The van der Waals surface area contributed by atoms with E-state index >= 15 is 0 Å². The first-order valence-electron chi connectivity index (χ1n) is 13.8. The topological polar surface area (TPSA) is 74.0 Å². The molecule has 1 aromatic heterocycles. The zero-order chi connectivity index (χ0) is 29.7. The van der Waals surface area contributed by atoms with Gasteiger partial charge in [-0.3, -0.25) is 4.79 Å².